The number of nitro benzene ring substituents is 1. The molecule has 2 aromatic carbocycles. The fraction of sp³-hybridized carbons (Fsp3) is 0.364. The highest BCUT2D eigenvalue weighted by Gasteiger charge is 2.29. The first-order chi connectivity index (χ1) is 14.4. The Morgan fingerprint density at radius 3 is 2.67 bits per heavy atom. The summed E-state index contributed by atoms with van der Waals surface area (Å²) in [5.74, 6) is -0.928. The van der Waals surface area contributed by atoms with Gasteiger partial charge in [0, 0.05) is 24.9 Å². The number of carbonyl (C=O) groups is 2. The number of rotatable bonds is 7. The number of hydrogen-bond acceptors (Lipinski definition) is 5. The summed E-state index contributed by atoms with van der Waals surface area (Å²) in [6.07, 6.45) is 1.47. The second kappa shape index (κ2) is 9.49. The van der Waals surface area contributed by atoms with Crippen LogP contribution in [0.25, 0.3) is 0 Å². The fourth-order valence-electron chi connectivity index (χ4n) is 3.49. The highest BCUT2D eigenvalue weighted by molar-refractivity contribution is 6.01. The van der Waals surface area contributed by atoms with E-state index in [2.05, 4.69) is 5.32 Å². The van der Waals surface area contributed by atoms with Crippen molar-refractivity contribution in [1.82, 2.24) is 4.90 Å². The molecule has 1 aliphatic rings. The number of nitrogens with zero attached hydrogens (tertiary/aromatic N) is 2. The molecule has 8 heteroatoms. The van der Waals surface area contributed by atoms with E-state index in [4.69, 9.17) is 4.74 Å². The largest absolute Gasteiger partial charge is 0.376 e. The summed E-state index contributed by atoms with van der Waals surface area (Å²) in [6.45, 7) is 4.44. The minimum atomic E-state index is -0.590. The molecule has 0 saturated carbocycles. The van der Waals surface area contributed by atoms with Crippen LogP contribution < -0.4 is 5.32 Å². The van der Waals surface area contributed by atoms with Gasteiger partial charge in [-0.2, -0.15) is 0 Å². The van der Waals surface area contributed by atoms with Crippen molar-refractivity contribution in [2.24, 2.45) is 0 Å². The van der Waals surface area contributed by atoms with Crippen LogP contribution in [0, 0.1) is 24.0 Å². The van der Waals surface area contributed by atoms with Gasteiger partial charge < -0.3 is 15.0 Å². The lowest BCUT2D eigenvalue weighted by Crippen LogP contribution is -2.42. The SMILES string of the molecule is Cc1cccc(NC(=O)CN(C[C@@H]2CCCO2)C(=O)c2ccccc2[N+](=O)[O-])c1C. The first-order valence-electron chi connectivity index (χ1n) is 9.87. The van der Waals surface area contributed by atoms with E-state index in [-0.39, 0.29) is 36.4 Å². The predicted octanol–water partition coefficient (Wildman–Crippen LogP) is 3.47. The Bertz CT molecular complexity index is 954. The third-order valence-electron chi connectivity index (χ3n) is 5.28. The van der Waals surface area contributed by atoms with Crippen molar-refractivity contribution >= 4 is 23.2 Å². The molecule has 0 aromatic heterocycles. The highest BCUT2D eigenvalue weighted by Crippen LogP contribution is 2.22. The summed E-state index contributed by atoms with van der Waals surface area (Å²) in [5, 5.41) is 14.2. The number of anilines is 1. The zero-order valence-electron chi connectivity index (χ0n) is 17.1. The first kappa shape index (κ1) is 21.4. The molecule has 0 spiro atoms. The molecule has 3 rings (SSSR count). The maximum absolute atomic E-state index is 13.2. The van der Waals surface area contributed by atoms with Crippen LogP contribution in [0.2, 0.25) is 0 Å². The molecular formula is C22H25N3O5. The Balaban J connectivity index is 1.81. The van der Waals surface area contributed by atoms with E-state index < -0.39 is 10.8 Å². The van der Waals surface area contributed by atoms with Gasteiger partial charge in [0.1, 0.15) is 12.1 Å². The molecule has 1 N–H and O–H groups in total. The fourth-order valence-corrected chi connectivity index (χ4v) is 3.49. The molecule has 0 bridgehead atoms. The zero-order valence-corrected chi connectivity index (χ0v) is 17.1. The minimum absolute atomic E-state index is 0.0416. The van der Waals surface area contributed by atoms with Gasteiger partial charge in [0.05, 0.1) is 11.0 Å². The van der Waals surface area contributed by atoms with E-state index in [1.54, 1.807) is 12.1 Å². The number of benzene rings is 2. The van der Waals surface area contributed by atoms with Crippen LogP contribution in [0.15, 0.2) is 42.5 Å². The van der Waals surface area contributed by atoms with Crippen LogP contribution in [0.5, 0.6) is 0 Å². The molecule has 0 radical (unpaired) electrons. The number of ether oxygens (including phenoxy) is 1. The van der Waals surface area contributed by atoms with Gasteiger partial charge in [0.15, 0.2) is 0 Å². The van der Waals surface area contributed by atoms with Crippen molar-refractivity contribution in [1.29, 1.82) is 0 Å². The lowest BCUT2D eigenvalue weighted by atomic mass is 10.1. The molecule has 2 aromatic rings. The summed E-state index contributed by atoms with van der Waals surface area (Å²) in [6, 6.07) is 11.4. The van der Waals surface area contributed by atoms with Gasteiger partial charge in [-0.25, -0.2) is 0 Å². The molecule has 2 amide bonds. The van der Waals surface area contributed by atoms with E-state index in [1.807, 2.05) is 26.0 Å². The van der Waals surface area contributed by atoms with E-state index >= 15 is 0 Å². The van der Waals surface area contributed by atoms with E-state index in [1.165, 1.54) is 23.1 Å². The van der Waals surface area contributed by atoms with Gasteiger partial charge in [-0.1, -0.05) is 24.3 Å². The average Bonchev–Trinajstić information content (AvgIpc) is 3.23. The van der Waals surface area contributed by atoms with E-state index in [0.717, 1.165) is 24.0 Å². The molecule has 1 aliphatic heterocycles. The van der Waals surface area contributed by atoms with E-state index in [9.17, 15) is 19.7 Å². The highest BCUT2D eigenvalue weighted by atomic mass is 16.6. The molecule has 8 nitrogen and oxygen atoms in total. The van der Waals surface area contributed by atoms with Crippen molar-refractivity contribution in [3.8, 4) is 0 Å². The molecule has 0 unspecified atom stereocenters. The smallest absolute Gasteiger partial charge is 0.282 e. The minimum Gasteiger partial charge on any atom is -0.376 e. The van der Waals surface area contributed by atoms with Crippen molar-refractivity contribution in [2.45, 2.75) is 32.8 Å². The quantitative estimate of drug-likeness (QED) is 0.555. The average molecular weight is 411 g/mol. The van der Waals surface area contributed by atoms with Crippen molar-refractivity contribution in [2.75, 3.05) is 25.0 Å². The molecule has 1 heterocycles. The molecule has 0 aliphatic carbocycles. The maximum atomic E-state index is 13.2. The van der Waals surface area contributed by atoms with Crippen molar-refractivity contribution in [3.05, 3.63) is 69.3 Å². The lowest BCUT2D eigenvalue weighted by Gasteiger charge is -2.25. The Hall–Kier alpha value is -3.26. The summed E-state index contributed by atoms with van der Waals surface area (Å²) in [4.78, 5) is 38.0. The molecule has 1 atom stereocenters. The van der Waals surface area contributed by atoms with Gasteiger partial charge >= 0.3 is 0 Å². The Morgan fingerprint density at radius 2 is 1.97 bits per heavy atom. The van der Waals surface area contributed by atoms with Gasteiger partial charge in [0.25, 0.3) is 11.6 Å². The van der Waals surface area contributed by atoms with Crippen LogP contribution >= 0.6 is 0 Å². The van der Waals surface area contributed by atoms with Crippen molar-refractivity contribution in [3.63, 3.8) is 0 Å². The number of hydrogen-bond donors (Lipinski definition) is 1. The molecule has 158 valence electrons. The Morgan fingerprint density at radius 1 is 1.20 bits per heavy atom. The number of nitro groups is 1. The number of carbonyl (C=O) groups excluding carboxylic acids is 2. The summed E-state index contributed by atoms with van der Waals surface area (Å²) < 4.78 is 5.62. The monoisotopic (exact) mass is 411 g/mol. The van der Waals surface area contributed by atoms with E-state index in [0.29, 0.717) is 12.3 Å². The van der Waals surface area contributed by atoms with Gasteiger partial charge in [0.2, 0.25) is 5.91 Å². The van der Waals surface area contributed by atoms with Crippen LogP contribution in [0.4, 0.5) is 11.4 Å². The molecule has 1 fully saturated rings. The number of aryl methyl sites for hydroxylation is 1. The Kier molecular flexibility index (Phi) is 6.79. The first-order valence-corrected chi connectivity index (χ1v) is 9.87. The maximum Gasteiger partial charge on any atom is 0.282 e. The predicted molar refractivity (Wildman–Crippen MR) is 113 cm³/mol. The Labute approximate surface area is 175 Å². The lowest BCUT2D eigenvalue weighted by molar-refractivity contribution is -0.385. The third kappa shape index (κ3) is 5.01. The second-order valence-corrected chi connectivity index (χ2v) is 7.39. The second-order valence-electron chi connectivity index (χ2n) is 7.39. The standard InChI is InChI=1S/C22H25N3O5/c1-15-7-5-10-19(16(15)2)23-21(26)14-24(13-17-8-6-12-30-17)22(27)18-9-3-4-11-20(18)25(28)29/h3-5,7,9-11,17H,6,8,12-14H2,1-2H3,(H,23,26)/t17-/m0/s1. The van der Waals surface area contributed by atoms with Crippen LogP contribution in [-0.4, -0.2) is 47.4 Å². The number of amides is 2. The normalized spacial score (nSPS) is 15.6. The third-order valence-corrected chi connectivity index (χ3v) is 5.28. The summed E-state index contributed by atoms with van der Waals surface area (Å²) >= 11 is 0. The molecule has 1 saturated heterocycles. The van der Waals surface area contributed by atoms with Gasteiger partial charge in [-0.15, -0.1) is 0 Å². The van der Waals surface area contributed by atoms with Crippen molar-refractivity contribution < 1.29 is 19.2 Å². The number of para-hydroxylation sites is 1. The van der Waals surface area contributed by atoms with Crippen LogP contribution in [0.1, 0.15) is 34.3 Å². The zero-order chi connectivity index (χ0) is 21.7. The molecular weight excluding hydrogens is 386 g/mol. The summed E-state index contributed by atoms with van der Waals surface area (Å²) in [5.41, 5.74) is 2.34. The molecule has 30 heavy (non-hydrogen) atoms. The van der Waals surface area contributed by atoms with Gasteiger partial charge in [-0.05, 0) is 49.9 Å². The number of nitrogens with one attached hydrogen (secondary N) is 1. The van der Waals surface area contributed by atoms with Gasteiger partial charge in [-0.3, -0.25) is 19.7 Å². The summed E-state index contributed by atoms with van der Waals surface area (Å²) in [7, 11) is 0. The van der Waals surface area contributed by atoms with Crippen LogP contribution in [0.3, 0.4) is 0 Å². The van der Waals surface area contributed by atoms with Crippen LogP contribution in [-0.2, 0) is 9.53 Å². The topological polar surface area (TPSA) is 102 Å².